The molecule has 0 bridgehead atoms. The molecule has 0 radical (unpaired) electrons. The molecule has 3 atom stereocenters. The molecule has 0 aromatic rings. The van der Waals surface area contributed by atoms with E-state index in [1.807, 2.05) is 0 Å². The summed E-state index contributed by atoms with van der Waals surface area (Å²) in [6.07, 6.45) is 43.8. The first-order chi connectivity index (χ1) is 26.3. The number of unbranched alkanes of at least 4 members (excludes halogenated alkanes) is 22. The van der Waals surface area contributed by atoms with E-state index in [2.05, 4.69) is 50.3 Å². The second-order valence-electron chi connectivity index (χ2n) is 14.7. The minimum absolute atomic E-state index is 0.0427. The van der Waals surface area contributed by atoms with E-state index in [4.69, 9.17) is 23.6 Å². The molecule has 0 amide bonds. The Labute approximate surface area is 331 Å². The van der Waals surface area contributed by atoms with Crippen molar-refractivity contribution in [1.82, 2.24) is 0 Å². The lowest BCUT2D eigenvalue weighted by molar-refractivity contribution is -0.154. The van der Waals surface area contributed by atoms with Crippen LogP contribution in [0.25, 0.3) is 0 Å². The van der Waals surface area contributed by atoms with E-state index in [9.17, 15) is 19.4 Å². The molecule has 0 fully saturated rings. The minimum atomic E-state index is -4.52. The molecule has 9 nitrogen and oxygen atoms in total. The van der Waals surface area contributed by atoms with Crippen LogP contribution < -0.4 is 0 Å². The first-order valence-electron chi connectivity index (χ1n) is 22.0. The van der Waals surface area contributed by atoms with Crippen LogP contribution >= 0.6 is 7.82 Å². The number of allylic oxidation sites excluding steroid dienone is 6. The molecule has 0 aliphatic carbocycles. The smallest absolute Gasteiger partial charge is 0.457 e. The van der Waals surface area contributed by atoms with Gasteiger partial charge in [0.25, 0.3) is 0 Å². The van der Waals surface area contributed by atoms with Gasteiger partial charge in [-0.3, -0.25) is 13.8 Å². The average molecular weight is 787 g/mol. The molecule has 0 heterocycles. The molecule has 10 heteroatoms. The Morgan fingerprint density at radius 1 is 0.574 bits per heavy atom. The summed E-state index contributed by atoms with van der Waals surface area (Å²) in [6, 6.07) is 0. The van der Waals surface area contributed by atoms with E-state index in [0.29, 0.717) is 6.61 Å². The summed E-state index contributed by atoms with van der Waals surface area (Å²) in [6.45, 7) is 3.48. The van der Waals surface area contributed by atoms with Crippen LogP contribution in [-0.4, -0.2) is 66.3 Å². The summed E-state index contributed by atoms with van der Waals surface area (Å²) in [5.74, 6) is -0.392. The van der Waals surface area contributed by atoms with E-state index in [0.717, 1.165) is 64.2 Å². The number of hydrogen-bond acceptors (Lipinski definition) is 8. The minimum Gasteiger partial charge on any atom is -0.457 e. The number of phosphoric ester groups is 1. The van der Waals surface area contributed by atoms with Crippen molar-refractivity contribution in [2.45, 2.75) is 206 Å². The van der Waals surface area contributed by atoms with Crippen LogP contribution in [0.1, 0.15) is 194 Å². The third-order valence-electron chi connectivity index (χ3n) is 9.30. The molecule has 3 unspecified atom stereocenters. The number of aliphatic hydroxyl groups is 2. The Morgan fingerprint density at radius 3 is 1.54 bits per heavy atom. The largest absolute Gasteiger partial charge is 0.472 e. The SMILES string of the molecule is CCCCC/C=C\C/C=C\CCCCCCCCCC(=O)OC(COCCCCCCCC/C=C\CCCCCCCC)COP(=O)(O)OCC(O)CO. The lowest BCUT2D eigenvalue weighted by atomic mass is 10.1. The fourth-order valence-electron chi connectivity index (χ4n) is 5.91. The molecule has 0 aliphatic heterocycles. The van der Waals surface area contributed by atoms with Crippen molar-refractivity contribution >= 4 is 13.8 Å². The number of carbonyl (C=O) groups excluding carboxylic acids is 1. The molecule has 0 aliphatic rings. The van der Waals surface area contributed by atoms with Crippen molar-refractivity contribution in [1.29, 1.82) is 0 Å². The molecule has 0 rings (SSSR count). The third kappa shape index (κ3) is 40.3. The number of esters is 1. The number of phosphoric acid groups is 1. The average Bonchev–Trinajstić information content (AvgIpc) is 3.16. The summed E-state index contributed by atoms with van der Waals surface area (Å²) in [4.78, 5) is 22.6. The van der Waals surface area contributed by atoms with E-state index in [1.54, 1.807) is 0 Å². The molecule has 0 aromatic carbocycles. The van der Waals surface area contributed by atoms with Gasteiger partial charge in [0.2, 0.25) is 0 Å². The zero-order chi connectivity index (χ0) is 39.6. The van der Waals surface area contributed by atoms with E-state index in [1.165, 1.54) is 109 Å². The quantitative estimate of drug-likeness (QED) is 0.0239. The zero-order valence-corrected chi connectivity index (χ0v) is 35.6. The number of hydrogen-bond donors (Lipinski definition) is 3. The summed E-state index contributed by atoms with van der Waals surface area (Å²) in [7, 11) is -4.52. The third-order valence-corrected chi connectivity index (χ3v) is 10.2. The first-order valence-corrected chi connectivity index (χ1v) is 23.5. The predicted molar refractivity (Wildman–Crippen MR) is 224 cm³/mol. The van der Waals surface area contributed by atoms with Crippen LogP contribution in [0.5, 0.6) is 0 Å². The second kappa shape index (κ2) is 41.3. The zero-order valence-electron chi connectivity index (χ0n) is 34.7. The van der Waals surface area contributed by atoms with Gasteiger partial charge < -0.3 is 24.6 Å². The van der Waals surface area contributed by atoms with Crippen LogP contribution in [0.4, 0.5) is 0 Å². The molecule has 0 saturated heterocycles. The molecule has 0 saturated carbocycles. The molecule has 54 heavy (non-hydrogen) atoms. The highest BCUT2D eigenvalue weighted by Gasteiger charge is 2.26. The Bertz CT molecular complexity index is 939. The summed E-state index contributed by atoms with van der Waals surface area (Å²) in [5, 5.41) is 18.3. The Hall–Kier alpha value is -1.32. The lowest BCUT2D eigenvalue weighted by Crippen LogP contribution is -2.29. The van der Waals surface area contributed by atoms with Crippen LogP contribution in [-0.2, 0) is 27.9 Å². The number of aliphatic hydroxyl groups excluding tert-OH is 2. The van der Waals surface area contributed by atoms with Crippen LogP contribution in [0.3, 0.4) is 0 Å². The maximum absolute atomic E-state index is 12.6. The second-order valence-corrected chi connectivity index (χ2v) is 16.2. The standard InChI is InChI=1S/C44H83O9P/c1-3-5-7-9-11-13-15-17-19-21-22-24-26-28-30-32-34-36-44(47)53-43(41-52-54(48,49)51-39-42(46)38-45)40-50-37-35-33-31-29-27-25-23-20-18-16-14-12-10-8-6-4-2/h11,13,17-20,42-43,45-46H,3-10,12,14-16,21-41H2,1-2H3,(H,48,49)/b13-11-,19-17-,20-18-. The van der Waals surface area contributed by atoms with Crippen molar-refractivity contribution < 1.29 is 43.0 Å². The number of carbonyl (C=O) groups is 1. The maximum atomic E-state index is 12.6. The van der Waals surface area contributed by atoms with Crippen molar-refractivity contribution in [3.63, 3.8) is 0 Å². The fourth-order valence-corrected chi connectivity index (χ4v) is 6.70. The molecule has 0 aromatic heterocycles. The lowest BCUT2D eigenvalue weighted by Gasteiger charge is -2.20. The molecular formula is C44H83O9P. The molecule has 318 valence electrons. The highest BCUT2D eigenvalue weighted by molar-refractivity contribution is 7.47. The van der Waals surface area contributed by atoms with Crippen molar-refractivity contribution in [3.05, 3.63) is 36.5 Å². The van der Waals surface area contributed by atoms with Gasteiger partial charge in [-0.25, -0.2) is 4.57 Å². The van der Waals surface area contributed by atoms with Gasteiger partial charge in [-0.1, -0.05) is 153 Å². The number of ether oxygens (including phenoxy) is 2. The summed E-state index contributed by atoms with van der Waals surface area (Å²) in [5.41, 5.74) is 0. The predicted octanol–water partition coefficient (Wildman–Crippen LogP) is 12.0. The topological polar surface area (TPSA) is 132 Å². The van der Waals surface area contributed by atoms with Crippen molar-refractivity contribution in [2.24, 2.45) is 0 Å². The van der Waals surface area contributed by atoms with E-state index >= 15 is 0 Å². The van der Waals surface area contributed by atoms with E-state index < -0.39 is 39.2 Å². The molecule has 0 spiro atoms. The van der Waals surface area contributed by atoms with Gasteiger partial charge in [0.05, 0.1) is 26.4 Å². The fraction of sp³-hybridized carbons (Fsp3) is 0.841. The van der Waals surface area contributed by atoms with Gasteiger partial charge in [-0.2, -0.15) is 0 Å². The van der Waals surface area contributed by atoms with Crippen LogP contribution in [0, 0.1) is 0 Å². The molecule has 3 N–H and O–H groups in total. The monoisotopic (exact) mass is 787 g/mol. The first kappa shape index (κ1) is 52.7. The van der Waals surface area contributed by atoms with Gasteiger partial charge in [-0.15, -0.1) is 0 Å². The van der Waals surface area contributed by atoms with Crippen molar-refractivity contribution in [3.8, 4) is 0 Å². The Kier molecular flexibility index (Phi) is 40.3. The summed E-state index contributed by atoms with van der Waals surface area (Å²) >= 11 is 0. The van der Waals surface area contributed by atoms with Gasteiger partial charge >= 0.3 is 13.8 Å². The van der Waals surface area contributed by atoms with Crippen LogP contribution in [0.2, 0.25) is 0 Å². The number of rotatable bonds is 42. The molecular weight excluding hydrogens is 703 g/mol. The van der Waals surface area contributed by atoms with Gasteiger partial charge in [0.15, 0.2) is 0 Å². The normalized spacial score (nSPS) is 14.4. The Morgan fingerprint density at radius 2 is 1.00 bits per heavy atom. The highest BCUT2D eigenvalue weighted by Crippen LogP contribution is 2.43. The van der Waals surface area contributed by atoms with Crippen LogP contribution in [0.15, 0.2) is 36.5 Å². The van der Waals surface area contributed by atoms with E-state index in [-0.39, 0.29) is 19.6 Å². The van der Waals surface area contributed by atoms with Gasteiger partial charge in [-0.05, 0) is 70.6 Å². The maximum Gasteiger partial charge on any atom is 0.472 e. The van der Waals surface area contributed by atoms with Crippen molar-refractivity contribution in [2.75, 3.05) is 33.0 Å². The Balaban J connectivity index is 4.19. The summed E-state index contributed by atoms with van der Waals surface area (Å²) < 4.78 is 33.4. The van der Waals surface area contributed by atoms with Gasteiger partial charge in [0, 0.05) is 13.0 Å². The van der Waals surface area contributed by atoms with Gasteiger partial charge in [0.1, 0.15) is 12.2 Å². The highest BCUT2D eigenvalue weighted by atomic mass is 31.2.